The largest absolute Gasteiger partial charge is 0.488 e. The van der Waals surface area contributed by atoms with Crippen LogP contribution in [0.15, 0.2) is 77.9 Å². The van der Waals surface area contributed by atoms with Crippen molar-refractivity contribution in [2.24, 2.45) is 10.7 Å². The van der Waals surface area contributed by atoms with Crippen LogP contribution in [0.5, 0.6) is 5.75 Å². The lowest BCUT2D eigenvalue weighted by molar-refractivity contribution is 0.0986. The Balaban J connectivity index is 1.71. The zero-order valence-electron chi connectivity index (χ0n) is 16.7. The molecule has 1 heterocycles. The molecule has 0 unspecified atom stereocenters. The molecule has 0 aliphatic heterocycles. The zero-order valence-corrected chi connectivity index (χ0v) is 16.7. The maximum Gasteiger partial charge on any atom is 0.150 e. The van der Waals surface area contributed by atoms with Crippen molar-refractivity contribution in [3.63, 3.8) is 0 Å². The van der Waals surface area contributed by atoms with E-state index in [0.717, 1.165) is 35.4 Å². The van der Waals surface area contributed by atoms with Crippen molar-refractivity contribution >= 4 is 11.5 Å². The molecule has 1 aromatic heterocycles. The van der Waals surface area contributed by atoms with Gasteiger partial charge in [-0.05, 0) is 67.8 Å². The highest BCUT2D eigenvalue weighted by Gasteiger charge is 2.18. The predicted octanol–water partition coefficient (Wildman–Crippen LogP) is 5.74. The number of amidine groups is 1. The number of hydrogen-bond donors (Lipinski definition) is 1. The molecule has 4 heteroatoms. The summed E-state index contributed by atoms with van der Waals surface area (Å²) in [5.74, 6) is 1.30. The molecule has 3 rings (SSSR count). The number of ether oxygens (including phenoxy) is 1. The Labute approximate surface area is 167 Å². The predicted molar refractivity (Wildman–Crippen MR) is 116 cm³/mol. The van der Waals surface area contributed by atoms with Crippen LogP contribution in [0, 0.1) is 0 Å². The Morgan fingerprint density at radius 2 is 1.61 bits per heavy atom. The van der Waals surface area contributed by atoms with Gasteiger partial charge in [0.25, 0.3) is 0 Å². The van der Waals surface area contributed by atoms with E-state index in [1.54, 1.807) is 6.20 Å². The lowest BCUT2D eigenvalue weighted by Crippen LogP contribution is -2.27. The Morgan fingerprint density at radius 1 is 0.964 bits per heavy atom. The second-order valence-corrected chi connectivity index (χ2v) is 7.40. The number of pyridine rings is 1. The van der Waals surface area contributed by atoms with Crippen LogP contribution in [-0.2, 0) is 0 Å². The Kier molecular flexibility index (Phi) is 6.09. The molecule has 0 aliphatic rings. The van der Waals surface area contributed by atoms with E-state index in [9.17, 15) is 0 Å². The van der Waals surface area contributed by atoms with Crippen molar-refractivity contribution in [2.75, 3.05) is 0 Å². The molecule has 0 aliphatic carbocycles. The van der Waals surface area contributed by atoms with Crippen LogP contribution in [0.1, 0.15) is 39.3 Å². The van der Waals surface area contributed by atoms with Gasteiger partial charge in [-0.15, -0.1) is 0 Å². The first-order valence-electron chi connectivity index (χ1n) is 9.62. The van der Waals surface area contributed by atoms with E-state index in [-0.39, 0.29) is 5.60 Å². The van der Waals surface area contributed by atoms with E-state index >= 15 is 0 Å². The van der Waals surface area contributed by atoms with Gasteiger partial charge in [0.1, 0.15) is 22.9 Å². The van der Waals surface area contributed by atoms with Crippen molar-refractivity contribution in [1.82, 2.24) is 4.98 Å². The van der Waals surface area contributed by atoms with E-state index < -0.39 is 0 Å². The van der Waals surface area contributed by atoms with E-state index in [4.69, 9.17) is 10.5 Å². The summed E-state index contributed by atoms with van der Waals surface area (Å²) in [6.07, 6.45) is 3.83. The van der Waals surface area contributed by atoms with Crippen LogP contribution in [0.2, 0.25) is 0 Å². The van der Waals surface area contributed by atoms with Crippen LogP contribution in [0.3, 0.4) is 0 Å². The van der Waals surface area contributed by atoms with Crippen molar-refractivity contribution in [2.45, 2.75) is 39.2 Å². The number of nitrogens with two attached hydrogens (primary N) is 1. The monoisotopic (exact) mass is 373 g/mol. The van der Waals surface area contributed by atoms with E-state index in [2.05, 4.69) is 42.9 Å². The molecule has 0 saturated heterocycles. The van der Waals surface area contributed by atoms with Gasteiger partial charge < -0.3 is 10.5 Å². The molecule has 2 N–H and O–H groups in total. The Hall–Kier alpha value is -3.14. The summed E-state index contributed by atoms with van der Waals surface area (Å²) >= 11 is 0. The lowest BCUT2D eigenvalue weighted by atomic mass is 10.0. The van der Waals surface area contributed by atoms with Crippen molar-refractivity contribution in [3.05, 3.63) is 78.6 Å². The summed E-state index contributed by atoms with van der Waals surface area (Å²) in [4.78, 5) is 8.67. The average Bonchev–Trinajstić information content (AvgIpc) is 2.69. The fourth-order valence-corrected chi connectivity index (χ4v) is 3.13. The quantitative estimate of drug-likeness (QED) is 0.424. The lowest BCUT2D eigenvalue weighted by Gasteiger charge is -2.26. The van der Waals surface area contributed by atoms with Gasteiger partial charge in [-0.3, -0.25) is 4.98 Å². The first-order valence-corrected chi connectivity index (χ1v) is 9.62. The third-order valence-electron chi connectivity index (χ3n) is 4.48. The summed E-state index contributed by atoms with van der Waals surface area (Å²) in [6.45, 7) is 6.42. The van der Waals surface area contributed by atoms with Crippen molar-refractivity contribution in [3.8, 4) is 16.9 Å². The second-order valence-electron chi connectivity index (χ2n) is 7.40. The van der Waals surface area contributed by atoms with Crippen LogP contribution >= 0.6 is 0 Å². The van der Waals surface area contributed by atoms with Crippen molar-refractivity contribution < 1.29 is 4.74 Å². The molecule has 0 amide bonds. The van der Waals surface area contributed by atoms with Crippen molar-refractivity contribution in [1.29, 1.82) is 0 Å². The molecule has 3 aromatic rings. The minimum Gasteiger partial charge on any atom is -0.488 e. The molecule has 0 atom stereocenters. The van der Waals surface area contributed by atoms with Crippen LogP contribution in [-0.4, -0.2) is 16.4 Å². The fourth-order valence-electron chi connectivity index (χ4n) is 3.13. The summed E-state index contributed by atoms with van der Waals surface area (Å²) in [5, 5.41) is 0. The number of rotatable bonds is 7. The van der Waals surface area contributed by atoms with Gasteiger partial charge in [0.15, 0.2) is 0 Å². The maximum absolute atomic E-state index is 6.10. The molecule has 2 aromatic carbocycles. The highest BCUT2D eigenvalue weighted by molar-refractivity contribution is 5.97. The van der Waals surface area contributed by atoms with E-state index in [0.29, 0.717) is 11.5 Å². The summed E-state index contributed by atoms with van der Waals surface area (Å²) in [7, 11) is 0. The highest BCUT2D eigenvalue weighted by atomic mass is 16.5. The normalized spacial score (nSPS) is 12.0. The molecule has 28 heavy (non-hydrogen) atoms. The minimum absolute atomic E-state index is 0.149. The number of aromatic nitrogens is 1. The zero-order chi connectivity index (χ0) is 20.0. The van der Waals surface area contributed by atoms with Gasteiger partial charge >= 0.3 is 0 Å². The summed E-state index contributed by atoms with van der Waals surface area (Å²) in [5.41, 5.74) is 9.62. The molecule has 0 spiro atoms. The van der Waals surface area contributed by atoms with E-state index in [1.165, 1.54) is 0 Å². The minimum atomic E-state index is -0.149. The number of aliphatic imine (C=N–C) groups is 1. The van der Waals surface area contributed by atoms with Crippen LogP contribution in [0.4, 0.5) is 5.69 Å². The third-order valence-corrected chi connectivity index (χ3v) is 4.48. The van der Waals surface area contributed by atoms with Gasteiger partial charge in [0.2, 0.25) is 0 Å². The second kappa shape index (κ2) is 8.70. The molecule has 4 nitrogen and oxygen atoms in total. The first kappa shape index (κ1) is 19.6. The summed E-state index contributed by atoms with van der Waals surface area (Å²) < 4.78 is 6.10. The molecular formula is C24H27N3O. The first-order chi connectivity index (χ1) is 13.5. The summed E-state index contributed by atoms with van der Waals surface area (Å²) in [6, 6.07) is 21.8. The number of hydrogen-bond acceptors (Lipinski definition) is 3. The van der Waals surface area contributed by atoms with Gasteiger partial charge in [-0.25, -0.2) is 4.99 Å². The topological polar surface area (TPSA) is 60.5 Å². The molecule has 0 saturated carbocycles. The Bertz CT molecular complexity index is 914. The molecule has 0 fully saturated rings. The highest BCUT2D eigenvalue weighted by Crippen LogP contribution is 2.27. The third kappa shape index (κ3) is 5.19. The van der Waals surface area contributed by atoms with Crippen LogP contribution in [0.25, 0.3) is 11.1 Å². The molecule has 0 radical (unpaired) electrons. The van der Waals surface area contributed by atoms with Gasteiger partial charge in [0.05, 0.1) is 5.69 Å². The maximum atomic E-state index is 6.10. The number of benzene rings is 2. The standard InChI is InChI=1S/C24H27N3O/c1-4-16-24(2,3)28-21-14-10-19(11-15-21)18-8-12-20(13-9-18)27-23(25)22-7-5-6-17-26-22/h5-15,17H,4,16H2,1-3H3,(H2,25,27). The molecule has 144 valence electrons. The molecule has 0 bridgehead atoms. The van der Waals surface area contributed by atoms with E-state index in [1.807, 2.05) is 54.6 Å². The van der Waals surface area contributed by atoms with Gasteiger partial charge in [-0.1, -0.05) is 43.7 Å². The Morgan fingerprint density at radius 3 is 2.18 bits per heavy atom. The SMILES string of the molecule is CCCC(C)(C)Oc1ccc(-c2ccc(N=C(N)c3ccccn3)cc2)cc1. The smallest absolute Gasteiger partial charge is 0.150 e. The fraction of sp³-hybridized carbons (Fsp3) is 0.250. The van der Waals surface area contributed by atoms with Gasteiger partial charge in [-0.2, -0.15) is 0 Å². The average molecular weight is 374 g/mol. The molecular weight excluding hydrogens is 346 g/mol. The number of nitrogens with zero attached hydrogens (tertiary/aromatic N) is 2. The van der Waals surface area contributed by atoms with Crippen LogP contribution < -0.4 is 10.5 Å². The van der Waals surface area contributed by atoms with Gasteiger partial charge in [0, 0.05) is 6.20 Å².